The Labute approximate surface area is 169 Å². The van der Waals surface area contributed by atoms with Gasteiger partial charge in [0.25, 0.3) is 0 Å². The van der Waals surface area contributed by atoms with Crippen LogP contribution >= 0.6 is 0 Å². The summed E-state index contributed by atoms with van der Waals surface area (Å²) in [4.78, 5) is 22.0. The molecule has 0 aromatic rings. The Kier molecular flexibility index (Phi) is 8.05. The molecule has 2 heterocycles. The molecule has 4 unspecified atom stereocenters. The maximum absolute atomic E-state index is 12.1. The van der Waals surface area contributed by atoms with Crippen molar-refractivity contribution in [3.8, 4) is 0 Å². The van der Waals surface area contributed by atoms with E-state index in [1.54, 1.807) is 39.8 Å². The first-order valence-electron chi connectivity index (χ1n) is 9.19. The van der Waals surface area contributed by atoms with Gasteiger partial charge in [-0.3, -0.25) is 0 Å². The molecule has 0 spiro atoms. The molecule has 10 nitrogen and oxygen atoms in total. The summed E-state index contributed by atoms with van der Waals surface area (Å²) < 4.78 is 54.5. The highest BCUT2D eigenvalue weighted by atomic mass is 32.2. The van der Waals surface area contributed by atoms with Crippen molar-refractivity contribution in [3.05, 3.63) is 23.7 Å². The third kappa shape index (κ3) is 7.67. The van der Waals surface area contributed by atoms with E-state index in [1.165, 1.54) is 0 Å². The predicted molar refractivity (Wildman–Crippen MR) is 99.7 cm³/mol. The van der Waals surface area contributed by atoms with Gasteiger partial charge in [0.15, 0.2) is 33.6 Å². The summed E-state index contributed by atoms with van der Waals surface area (Å²) in [6.45, 7) is 6.71. The Morgan fingerprint density at radius 2 is 1.24 bits per heavy atom. The number of carbonyl (C=O) groups excluding carboxylic acids is 2. The lowest BCUT2D eigenvalue weighted by Crippen LogP contribution is -2.22. The highest BCUT2D eigenvalue weighted by molar-refractivity contribution is 7.91. The molecule has 0 radical (unpaired) electrons. The van der Waals surface area contributed by atoms with Gasteiger partial charge < -0.3 is 28.4 Å². The van der Waals surface area contributed by atoms with Crippen LogP contribution in [-0.4, -0.2) is 69.9 Å². The van der Waals surface area contributed by atoms with Crippen LogP contribution in [0.15, 0.2) is 23.7 Å². The monoisotopic (exact) mass is 434 g/mol. The fourth-order valence-corrected chi connectivity index (χ4v) is 3.44. The zero-order valence-corrected chi connectivity index (χ0v) is 17.6. The summed E-state index contributed by atoms with van der Waals surface area (Å²) >= 11 is 0. The Bertz CT molecular complexity index is 712. The average Bonchev–Trinajstić information content (AvgIpc) is 3.07. The third-order valence-corrected chi connectivity index (χ3v) is 5.68. The quantitative estimate of drug-likeness (QED) is 0.472. The fraction of sp³-hybridized carbons (Fsp3) is 0.667. The minimum Gasteiger partial charge on any atom is -0.423 e. The molecule has 11 heteroatoms. The number of ether oxygens (including phenoxy) is 6. The van der Waals surface area contributed by atoms with E-state index >= 15 is 0 Å². The molecule has 0 aromatic heterocycles. The summed E-state index contributed by atoms with van der Waals surface area (Å²) in [6, 6.07) is 0. The molecule has 0 aromatic carbocycles. The first-order chi connectivity index (χ1) is 13.6. The molecular weight excluding hydrogens is 408 g/mol. The Morgan fingerprint density at radius 3 is 1.55 bits per heavy atom. The van der Waals surface area contributed by atoms with Crippen LogP contribution in [0.2, 0.25) is 0 Å². The van der Waals surface area contributed by atoms with Crippen molar-refractivity contribution in [1.29, 1.82) is 0 Å². The summed E-state index contributed by atoms with van der Waals surface area (Å²) in [5.41, 5.74) is 0. The van der Waals surface area contributed by atoms with Crippen LogP contribution in [-0.2, 0) is 38.3 Å². The lowest BCUT2D eigenvalue weighted by Gasteiger charge is -2.12. The lowest BCUT2D eigenvalue weighted by atomic mass is 10.2. The van der Waals surface area contributed by atoms with Crippen molar-refractivity contribution in [2.75, 3.05) is 24.7 Å². The van der Waals surface area contributed by atoms with Crippen LogP contribution in [0, 0.1) is 0 Å². The van der Waals surface area contributed by atoms with Crippen molar-refractivity contribution in [1.82, 2.24) is 0 Å². The molecule has 0 N–H and O–H groups in total. The van der Waals surface area contributed by atoms with Crippen molar-refractivity contribution >= 4 is 22.1 Å². The van der Waals surface area contributed by atoms with Gasteiger partial charge in [0.2, 0.25) is 0 Å². The summed E-state index contributed by atoms with van der Waals surface area (Å²) in [5, 5.41) is 0. The van der Waals surface area contributed by atoms with Crippen LogP contribution in [0.5, 0.6) is 0 Å². The van der Waals surface area contributed by atoms with Gasteiger partial charge in [-0.2, -0.15) is 0 Å². The van der Waals surface area contributed by atoms with Crippen molar-refractivity contribution < 1.29 is 46.4 Å². The van der Waals surface area contributed by atoms with Gasteiger partial charge in [-0.25, -0.2) is 18.0 Å². The maximum atomic E-state index is 12.1. The molecule has 0 saturated carbocycles. The van der Waals surface area contributed by atoms with E-state index in [-0.39, 0.29) is 24.7 Å². The minimum absolute atomic E-state index is 0.0130. The molecule has 0 aliphatic carbocycles. The average molecular weight is 434 g/mol. The van der Waals surface area contributed by atoms with E-state index in [1.807, 2.05) is 0 Å². The van der Waals surface area contributed by atoms with E-state index < -0.39 is 46.6 Å². The molecule has 2 rings (SSSR count). The summed E-state index contributed by atoms with van der Waals surface area (Å²) in [7, 11) is -3.38. The number of carbonyl (C=O) groups is 2. The van der Waals surface area contributed by atoms with E-state index in [9.17, 15) is 18.0 Å². The third-order valence-electron chi connectivity index (χ3n) is 4.10. The number of hydrogen-bond acceptors (Lipinski definition) is 10. The Balaban J connectivity index is 1.68. The molecule has 0 bridgehead atoms. The summed E-state index contributed by atoms with van der Waals surface area (Å²) in [6.07, 6.45) is -0.269. The van der Waals surface area contributed by atoms with Gasteiger partial charge in [-0.1, -0.05) is 0 Å². The van der Waals surface area contributed by atoms with Crippen LogP contribution in [0.4, 0.5) is 9.59 Å². The molecule has 2 aliphatic heterocycles. The first-order valence-corrected chi connectivity index (χ1v) is 11.0. The largest absolute Gasteiger partial charge is 0.514 e. The van der Waals surface area contributed by atoms with E-state index in [0.29, 0.717) is 11.5 Å². The highest BCUT2D eigenvalue weighted by Gasteiger charge is 2.28. The normalized spacial score (nSPS) is 26.8. The fourth-order valence-electron chi connectivity index (χ4n) is 2.53. The number of sulfone groups is 1. The van der Waals surface area contributed by atoms with Crippen molar-refractivity contribution in [3.63, 3.8) is 0 Å². The number of hydrogen-bond donors (Lipinski definition) is 0. The maximum Gasteiger partial charge on any atom is 0.514 e. The molecule has 2 fully saturated rings. The van der Waals surface area contributed by atoms with Crippen LogP contribution in [0.1, 0.15) is 27.7 Å². The minimum atomic E-state index is -3.38. The van der Waals surface area contributed by atoms with Gasteiger partial charge in [0.05, 0.1) is 36.9 Å². The first kappa shape index (κ1) is 23.2. The van der Waals surface area contributed by atoms with Crippen LogP contribution < -0.4 is 0 Å². The second-order valence-electron chi connectivity index (χ2n) is 6.67. The summed E-state index contributed by atoms with van der Waals surface area (Å²) in [5.74, 6) is 0.338. The van der Waals surface area contributed by atoms with Crippen molar-refractivity contribution in [2.45, 2.75) is 52.1 Å². The SMILES string of the molecule is CC(/C=C1\OC(=O)OC1C)OCCS(=O)(=O)CCOC(C)/C=C1\OC(=O)OC1C. The van der Waals surface area contributed by atoms with Crippen LogP contribution in [0.25, 0.3) is 0 Å². The Hall–Kier alpha value is -2.11. The highest BCUT2D eigenvalue weighted by Crippen LogP contribution is 2.20. The lowest BCUT2D eigenvalue weighted by molar-refractivity contribution is 0.104. The van der Waals surface area contributed by atoms with E-state index in [0.717, 1.165) is 0 Å². The predicted octanol–water partition coefficient (Wildman–Crippen LogP) is 2.09. The zero-order chi connectivity index (χ0) is 21.6. The zero-order valence-electron chi connectivity index (χ0n) is 16.8. The number of rotatable bonds is 10. The van der Waals surface area contributed by atoms with E-state index in [2.05, 4.69) is 0 Å². The van der Waals surface area contributed by atoms with E-state index in [4.69, 9.17) is 28.4 Å². The van der Waals surface area contributed by atoms with Crippen LogP contribution in [0.3, 0.4) is 0 Å². The topological polar surface area (TPSA) is 124 Å². The second-order valence-corrected chi connectivity index (χ2v) is 8.97. The van der Waals surface area contributed by atoms with Gasteiger partial charge in [-0.05, 0) is 39.8 Å². The number of cyclic esters (lactones) is 4. The molecular formula is C18H26O10S. The van der Waals surface area contributed by atoms with Gasteiger partial charge >= 0.3 is 12.3 Å². The standard InChI is InChI=1S/C18H26O10S/c1-11(9-15-13(3)25-17(19)27-15)23-5-7-29(21,22)8-6-24-12(2)10-16-14(4)26-18(20)28-16/h9-14H,5-8H2,1-4H3/b15-9-,16-10-. The molecule has 29 heavy (non-hydrogen) atoms. The van der Waals surface area contributed by atoms with Gasteiger partial charge in [0, 0.05) is 0 Å². The molecule has 164 valence electrons. The Morgan fingerprint density at radius 1 is 0.862 bits per heavy atom. The smallest absolute Gasteiger partial charge is 0.423 e. The molecule has 4 atom stereocenters. The second kappa shape index (κ2) is 10.1. The van der Waals surface area contributed by atoms with Gasteiger partial charge in [-0.15, -0.1) is 0 Å². The molecule has 2 aliphatic rings. The van der Waals surface area contributed by atoms with Gasteiger partial charge in [0.1, 0.15) is 0 Å². The molecule has 2 saturated heterocycles. The van der Waals surface area contributed by atoms with Crippen molar-refractivity contribution in [2.24, 2.45) is 0 Å². The molecule has 0 amide bonds.